The van der Waals surface area contributed by atoms with Crippen molar-refractivity contribution in [3.05, 3.63) is 29.3 Å². The number of rotatable bonds is 4. The number of carbonyl (C=O) groups excluding carboxylic acids is 1. The summed E-state index contributed by atoms with van der Waals surface area (Å²) < 4.78 is 5.47. The molecule has 2 N–H and O–H groups in total. The Morgan fingerprint density at radius 3 is 2.90 bits per heavy atom. The molecule has 1 fully saturated rings. The average Bonchev–Trinajstić information content (AvgIpc) is 2.77. The van der Waals surface area contributed by atoms with Crippen LogP contribution in [0.2, 0.25) is 5.02 Å². The second kappa shape index (κ2) is 7.72. The van der Waals surface area contributed by atoms with Crippen molar-refractivity contribution >= 4 is 29.9 Å². The lowest BCUT2D eigenvalue weighted by Gasteiger charge is -2.21. The van der Waals surface area contributed by atoms with Crippen LogP contribution < -0.4 is 10.5 Å². The largest absolute Gasteiger partial charge is 0.484 e. The van der Waals surface area contributed by atoms with Crippen molar-refractivity contribution in [1.82, 2.24) is 4.90 Å². The first-order chi connectivity index (χ1) is 9.10. The molecule has 4 nitrogen and oxygen atoms in total. The first-order valence-corrected chi connectivity index (χ1v) is 6.86. The maximum absolute atomic E-state index is 12.1. The van der Waals surface area contributed by atoms with Crippen LogP contribution in [0.4, 0.5) is 0 Å². The summed E-state index contributed by atoms with van der Waals surface area (Å²) in [6.07, 6.45) is 0.972. The molecule has 0 aromatic heterocycles. The second-order valence-electron chi connectivity index (χ2n) is 4.98. The minimum absolute atomic E-state index is 0. The molecule has 6 heteroatoms. The van der Waals surface area contributed by atoms with Crippen LogP contribution in [0.5, 0.6) is 5.75 Å². The van der Waals surface area contributed by atoms with Gasteiger partial charge in [0.2, 0.25) is 0 Å². The Morgan fingerprint density at radius 2 is 2.30 bits per heavy atom. The summed E-state index contributed by atoms with van der Waals surface area (Å²) in [6, 6.07) is 7.29. The standard InChI is InChI=1S/C14H19ClN2O2.ClH/c1-10-5-11(7-16)8-17(10)14(18)9-19-13-4-2-3-12(15)6-13;/h2-4,6,10-11H,5,7-9,16H2,1H3;1H. The number of carbonyl (C=O) groups is 1. The van der Waals surface area contributed by atoms with Crippen LogP contribution in [0.1, 0.15) is 13.3 Å². The van der Waals surface area contributed by atoms with Gasteiger partial charge < -0.3 is 15.4 Å². The van der Waals surface area contributed by atoms with E-state index in [1.165, 1.54) is 0 Å². The lowest BCUT2D eigenvalue weighted by Crippen LogP contribution is -2.37. The Morgan fingerprint density at radius 1 is 1.55 bits per heavy atom. The van der Waals surface area contributed by atoms with Gasteiger partial charge in [0.25, 0.3) is 5.91 Å². The van der Waals surface area contributed by atoms with Crippen molar-refractivity contribution in [2.45, 2.75) is 19.4 Å². The molecule has 1 aromatic rings. The molecule has 1 aromatic carbocycles. The van der Waals surface area contributed by atoms with Crippen LogP contribution in [-0.4, -0.2) is 36.5 Å². The molecule has 0 spiro atoms. The quantitative estimate of drug-likeness (QED) is 0.927. The first kappa shape index (κ1) is 17.1. The summed E-state index contributed by atoms with van der Waals surface area (Å²) in [4.78, 5) is 14.0. The minimum Gasteiger partial charge on any atom is -0.484 e. The van der Waals surface area contributed by atoms with Gasteiger partial charge in [-0.05, 0) is 44.0 Å². The van der Waals surface area contributed by atoms with Crippen LogP contribution in [0.3, 0.4) is 0 Å². The fourth-order valence-corrected chi connectivity index (χ4v) is 2.63. The number of amides is 1. The highest BCUT2D eigenvalue weighted by molar-refractivity contribution is 6.30. The summed E-state index contributed by atoms with van der Waals surface area (Å²) in [5.41, 5.74) is 5.66. The van der Waals surface area contributed by atoms with E-state index in [1.54, 1.807) is 24.3 Å². The first-order valence-electron chi connectivity index (χ1n) is 6.48. The summed E-state index contributed by atoms with van der Waals surface area (Å²) in [5.74, 6) is 1.02. The Bertz CT molecular complexity index is 457. The van der Waals surface area contributed by atoms with Gasteiger partial charge in [-0.15, -0.1) is 12.4 Å². The molecule has 20 heavy (non-hydrogen) atoms. The van der Waals surface area contributed by atoms with Gasteiger partial charge >= 0.3 is 0 Å². The summed E-state index contributed by atoms with van der Waals surface area (Å²) in [6.45, 7) is 3.45. The zero-order valence-corrected chi connectivity index (χ0v) is 13.0. The maximum Gasteiger partial charge on any atom is 0.260 e. The molecular formula is C14H20Cl2N2O2. The average molecular weight is 319 g/mol. The van der Waals surface area contributed by atoms with E-state index in [0.717, 1.165) is 13.0 Å². The predicted octanol–water partition coefficient (Wildman–Crippen LogP) is 2.34. The number of hydrogen-bond acceptors (Lipinski definition) is 3. The smallest absolute Gasteiger partial charge is 0.260 e. The predicted molar refractivity (Wildman–Crippen MR) is 82.5 cm³/mol. The number of hydrogen-bond donors (Lipinski definition) is 1. The number of nitrogens with two attached hydrogens (primary N) is 1. The van der Waals surface area contributed by atoms with Gasteiger partial charge in [-0.3, -0.25) is 4.79 Å². The molecule has 1 saturated heterocycles. The van der Waals surface area contributed by atoms with Crippen molar-refractivity contribution in [2.75, 3.05) is 19.7 Å². The lowest BCUT2D eigenvalue weighted by molar-refractivity contribution is -0.134. The van der Waals surface area contributed by atoms with Crippen molar-refractivity contribution in [1.29, 1.82) is 0 Å². The van der Waals surface area contributed by atoms with E-state index in [9.17, 15) is 4.79 Å². The van der Waals surface area contributed by atoms with Crippen LogP contribution in [0.25, 0.3) is 0 Å². The Balaban J connectivity index is 0.00000200. The molecule has 0 saturated carbocycles. The number of nitrogens with zero attached hydrogens (tertiary/aromatic N) is 1. The number of ether oxygens (including phenoxy) is 1. The van der Waals surface area contributed by atoms with Gasteiger partial charge in [0.15, 0.2) is 6.61 Å². The van der Waals surface area contributed by atoms with Crippen LogP contribution in [-0.2, 0) is 4.79 Å². The Kier molecular flexibility index (Phi) is 6.59. The van der Waals surface area contributed by atoms with Crippen LogP contribution in [0, 0.1) is 5.92 Å². The summed E-state index contributed by atoms with van der Waals surface area (Å²) in [5, 5.41) is 0.600. The van der Waals surface area contributed by atoms with Gasteiger partial charge in [0, 0.05) is 17.6 Å². The van der Waals surface area contributed by atoms with Gasteiger partial charge in [0.05, 0.1) is 0 Å². The molecule has 0 radical (unpaired) electrons. The molecule has 1 aliphatic rings. The molecule has 1 heterocycles. The van der Waals surface area contributed by atoms with Crippen LogP contribution in [0.15, 0.2) is 24.3 Å². The molecule has 1 aliphatic heterocycles. The SMILES string of the molecule is CC1CC(CN)CN1C(=O)COc1cccc(Cl)c1.Cl. The molecular weight excluding hydrogens is 299 g/mol. The number of benzene rings is 1. The fourth-order valence-electron chi connectivity index (χ4n) is 2.45. The second-order valence-corrected chi connectivity index (χ2v) is 5.42. The number of halogens is 2. The van der Waals surface area contributed by atoms with E-state index in [-0.39, 0.29) is 31.0 Å². The van der Waals surface area contributed by atoms with E-state index >= 15 is 0 Å². The topological polar surface area (TPSA) is 55.6 Å². The van der Waals surface area contributed by atoms with E-state index in [1.807, 2.05) is 11.8 Å². The molecule has 0 bridgehead atoms. The molecule has 2 rings (SSSR count). The van der Waals surface area contributed by atoms with Gasteiger partial charge in [0.1, 0.15) is 5.75 Å². The zero-order valence-electron chi connectivity index (χ0n) is 11.4. The van der Waals surface area contributed by atoms with Crippen molar-refractivity contribution in [2.24, 2.45) is 11.7 Å². The lowest BCUT2D eigenvalue weighted by atomic mass is 10.1. The van der Waals surface area contributed by atoms with E-state index in [2.05, 4.69) is 0 Å². The zero-order chi connectivity index (χ0) is 13.8. The van der Waals surface area contributed by atoms with Crippen molar-refractivity contribution < 1.29 is 9.53 Å². The van der Waals surface area contributed by atoms with Gasteiger partial charge in [-0.1, -0.05) is 17.7 Å². The van der Waals surface area contributed by atoms with Crippen molar-refractivity contribution in [3.63, 3.8) is 0 Å². The third-order valence-corrected chi connectivity index (χ3v) is 3.71. The molecule has 112 valence electrons. The third-order valence-electron chi connectivity index (χ3n) is 3.47. The Labute approximate surface area is 130 Å². The van der Waals surface area contributed by atoms with Gasteiger partial charge in [-0.25, -0.2) is 0 Å². The monoisotopic (exact) mass is 318 g/mol. The third kappa shape index (κ3) is 4.27. The van der Waals surface area contributed by atoms with Gasteiger partial charge in [-0.2, -0.15) is 0 Å². The minimum atomic E-state index is 0. The Hall–Kier alpha value is -0.970. The molecule has 0 aliphatic carbocycles. The normalized spacial score (nSPS) is 21.4. The van der Waals surface area contributed by atoms with Crippen LogP contribution >= 0.6 is 24.0 Å². The summed E-state index contributed by atoms with van der Waals surface area (Å²) >= 11 is 5.86. The fraction of sp³-hybridized carbons (Fsp3) is 0.500. The molecule has 2 unspecified atom stereocenters. The van der Waals surface area contributed by atoms with E-state index in [0.29, 0.717) is 23.2 Å². The van der Waals surface area contributed by atoms with E-state index < -0.39 is 0 Å². The van der Waals surface area contributed by atoms with Crippen molar-refractivity contribution in [3.8, 4) is 5.75 Å². The van der Waals surface area contributed by atoms with E-state index in [4.69, 9.17) is 22.1 Å². The maximum atomic E-state index is 12.1. The number of likely N-dealkylation sites (tertiary alicyclic amines) is 1. The molecule has 2 atom stereocenters. The highest BCUT2D eigenvalue weighted by Gasteiger charge is 2.31. The molecule has 1 amide bonds. The highest BCUT2D eigenvalue weighted by atomic mass is 35.5. The highest BCUT2D eigenvalue weighted by Crippen LogP contribution is 2.22. The summed E-state index contributed by atoms with van der Waals surface area (Å²) in [7, 11) is 0.